The van der Waals surface area contributed by atoms with Gasteiger partial charge in [0.15, 0.2) is 4.80 Å². The summed E-state index contributed by atoms with van der Waals surface area (Å²) in [5.41, 5.74) is 6.57. The van der Waals surface area contributed by atoms with Gasteiger partial charge in [0.1, 0.15) is 5.75 Å². The van der Waals surface area contributed by atoms with E-state index in [4.69, 9.17) is 21.3 Å². The normalized spacial score (nSPS) is 17.0. The summed E-state index contributed by atoms with van der Waals surface area (Å²) >= 11 is 7.62. The molecule has 4 nitrogen and oxygen atoms in total. The highest BCUT2D eigenvalue weighted by Gasteiger charge is 2.32. The van der Waals surface area contributed by atoms with Crippen LogP contribution in [0.4, 0.5) is 0 Å². The highest BCUT2D eigenvalue weighted by atomic mass is 35.5. The SMILES string of the molecule is COc1cccc(C=c2sc3n(c2=O)C(c2ccc(Cl)cc2)C2=C(N=3)c3ccccc3CC2)c1. The molecule has 4 aromatic rings. The first-order valence-corrected chi connectivity index (χ1v) is 12.3. The highest BCUT2D eigenvalue weighted by Crippen LogP contribution is 2.41. The minimum Gasteiger partial charge on any atom is -0.497 e. The van der Waals surface area contributed by atoms with Gasteiger partial charge in [0, 0.05) is 10.6 Å². The van der Waals surface area contributed by atoms with Gasteiger partial charge in [-0.15, -0.1) is 0 Å². The summed E-state index contributed by atoms with van der Waals surface area (Å²) in [4.78, 5) is 19.5. The molecule has 2 aliphatic rings. The van der Waals surface area contributed by atoms with E-state index in [1.807, 2.05) is 59.2 Å². The van der Waals surface area contributed by atoms with Crippen LogP contribution in [0, 0.1) is 0 Å². The van der Waals surface area contributed by atoms with Crippen molar-refractivity contribution in [2.24, 2.45) is 4.99 Å². The first-order valence-electron chi connectivity index (χ1n) is 11.1. The van der Waals surface area contributed by atoms with Crippen molar-refractivity contribution in [2.45, 2.75) is 18.9 Å². The number of hydrogen-bond donors (Lipinski definition) is 0. The molecule has 1 aliphatic heterocycles. The summed E-state index contributed by atoms with van der Waals surface area (Å²) in [5, 5.41) is 0.678. The number of hydrogen-bond acceptors (Lipinski definition) is 4. The van der Waals surface area contributed by atoms with Crippen LogP contribution in [0.2, 0.25) is 5.02 Å². The number of benzene rings is 3. The summed E-state index contributed by atoms with van der Waals surface area (Å²) in [6.45, 7) is 0. The quantitative estimate of drug-likeness (QED) is 0.411. The molecule has 6 rings (SSSR count). The summed E-state index contributed by atoms with van der Waals surface area (Å²) < 4.78 is 7.86. The average molecular weight is 485 g/mol. The smallest absolute Gasteiger partial charge is 0.271 e. The number of nitrogens with zero attached hydrogens (tertiary/aromatic N) is 2. The van der Waals surface area contributed by atoms with Crippen LogP contribution in [-0.2, 0) is 6.42 Å². The molecule has 0 saturated carbocycles. The molecule has 1 aliphatic carbocycles. The predicted molar refractivity (Wildman–Crippen MR) is 137 cm³/mol. The second-order valence-corrected chi connectivity index (χ2v) is 9.89. The fraction of sp³-hybridized carbons (Fsp3) is 0.143. The van der Waals surface area contributed by atoms with E-state index in [-0.39, 0.29) is 11.6 Å². The molecule has 1 unspecified atom stereocenters. The molecule has 1 aromatic heterocycles. The second-order valence-electron chi connectivity index (χ2n) is 8.44. The Kier molecular flexibility index (Phi) is 5.24. The van der Waals surface area contributed by atoms with E-state index in [0.717, 1.165) is 45.8 Å². The van der Waals surface area contributed by atoms with Crippen LogP contribution in [0.25, 0.3) is 11.8 Å². The molecular formula is C28H21ClN2O2S. The van der Waals surface area contributed by atoms with Gasteiger partial charge in [-0.25, -0.2) is 4.99 Å². The number of ether oxygens (including phenoxy) is 1. The van der Waals surface area contributed by atoms with E-state index in [0.29, 0.717) is 9.55 Å². The van der Waals surface area contributed by atoms with E-state index in [1.165, 1.54) is 22.5 Å². The van der Waals surface area contributed by atoms with Gasteiger partial charge in [0.2, 0.25) is 0 Å². The average Bonchev–Trinajstić information content (AvgIpc) is 3.18. The molecule has 0 saturated heterocycles. The number of methoxy groups -OCH3 is 1. The minimum atomic E-state index is -0.204. The molecule has 6 heteroatoms. The van der Waals surface area contributed by atoms with E-state index >= 15 is 0 Å². The van der Waals surface area contributed by atoms with Crippen LogP contribution in [0.3, 0.4) is 0 Å². The van der Waals surface area contributed by atoms with Gasteiger partial charge in [-0.2, -0.15) is 0 Å². The van der Waals surface area contributed by atoms with Crippen LogP contribution in [0.15, 0.2) is 88.2 Å². The topological polar surface area (TPSA) is 43.6 Å². The molecule has 168 valence electrons. The van der Waals surface area contributed by atoms with Crippen LogP contribution in [0.1, 0.15) is 34.7 Å². The number of rotatable bonds is 3. The van der Waals surface area contributed by atoms with Crippen molar-refractivity contribution >= 4 is 34.7 Å². The monoisotopic (exact) mass is 484 g/mol. The zero-order valence-corrected chi connectivity index (χ0v) is 20.1. The zero-order valence-electron chi connectivity index (χ0n) is 18.5. The van der Waals surface area contributed by atoms with E-state index in [1.54, 1.807) is 7.11 Å². The van der Waals surface area contributed by atoms with Crippen molar-refractivity contribution in [3.05, 3.63) is 125 Å². The van der Waals surface area contributed by atoms with Crippen LogP contribution in [0.5, 0.6) is 5.75 Å². The molecule has 0 radical (unpaired) electrons. The Labute approximate surface area is 205 Å². The fourth-order valence-electron chi connectivity index (χ4n) is 4.85. The number of aryl methyl sites for hydroxylation is 1. The summed E-state index contributed by atoms with van der Waals surface area (Å²) in [6, 6.07) is 23.8. The number of aromatic nitrogens is 1. The van der Waals surface area contributed by atoms with Crippen molar-refractivity contribution < 1.29 is 4.74 Å². The van der Waals surface area contributed by atoms with Crippen molar-refractivity contribution in [3.8, 4) is 5.75 Å². The Morgan fingerprint density at radius 2 is 1.88 bits per heavy atom. The van der Waals surface area contributed by atoms with Crippen molar-refractivity contribution in [1.82, 2.24) is 4.57 Å². The first kappa shape index (κ1) is 21.1. The Balaban J connectivity index is 1.61. The minimum absolute atomic E-state index is 0.0306. The van der Waals surface area contributed by atoms with Crippen molar-refractivity contribution in [3.63, 3.8) is 0 Å². The molecule has 0 amide bonds. The molecule has 0 spiro atoms. The molecule has 3 aromatic carbocycles. The van der Waals surface area contributed by atoms with Gasteiger partial charge in [-0.1, -0.05) is 71.5 Å². The molecule has 0 bridgehead atoms. The lowest BCUT2D eigenvalue weighted by atomic mass is 9.83. The fourth-order valence-corrected chi connectivity index (χ4v) is 5.98. The van der Waals surface area contributed by atoms with Gasteiger partial charge >= 0.3 is 0 Å². The van der Waals surface area contributed by atoms with Crippen molar-refractivity contribution in [2.75, 3.05) is 7.11 Å². The predicted octanol–water partition coefficient (Wildman–Crippen LogP) is 4.98. The van der Waals surface area contributed by atoms with Gasteiger partial charge in [-0.05, 0) is 65.4 Å². The molecular weight excluding hydrogens is 464 g/mol. The molecule has 0 fully saturated rings. The zero-order chi connectivity index (χ0) is 23.2. The largest absolute Gasteiger partial charge is 0.497 e. The maximum atomic E-state index is 13.7. The lowest BCUT2D eigenvalue weighted by Crippen LogP contribution is -2.38. The van der Waals surface area contributed by atoms with Crippen LogP contribution < -0.4 is 19.6 Å². The van der Waals surface area contributed by atoms with E-state index in [9.17, 15) is 4.79 Å². The number of allylic oxidation sites excluding steroid dienone is 1. The molecule has 0 N–H and O–H groups in total. The Morgan fingerprint density at radius 3 is 2.71 bits per heavy atom. The Hall–Kier alpha value is -3.41. The van der Waals surface area contributed by atoms with Gasteiger partial charge in [0.05, 0.1) is 23.4 Å². The molecule has 1 atom stereocenters. The van der Waals surface area contributed by atoms with Gasteiger partial charge in [0.25, 0.3) is 5.56 Å². The van der Waals surface area contributed by atoms with Crippen molar-refractivity contribution in [1.29, 1.82) is 0 Å². The Morgan fingerprint density at radius 1 is 1.06 bits per heavy atom. The molecule has 2 heterocycles. The number of halogens is 1. The number of thiazole rings is 1. The highest BCUT2D eigenvalue weighted by molar-refractivity contribution is 7.07. The third-order valence-corrected chi connectivity index (χ3v) is 7.69. The summed E-state index contributed by atoms with van der Waals surface area (Å²) in [5.74, 6) is 0.757. The third-order valence-electron chi connectivity index (χ3n) is 6.45. The van der Waals surface area contributed by atoms with Gasteiger partial charge < -0.3 is 4.74 Å². The molecule has 34 heavy (non-hydrogen) atoms. The summed E-state index contributed by atoms with van der Waals surface area (Å²) in [7, 11) is 1.64. The van der Waals surface area contributed by atoms with Crippen LogP contribution >= 0.6 is 22.9 Å². The lowest BCUT2D eigenvalue weighted by molar-refractivity contribution is 0.414. The maximum Gasteiger partial charge on any atom is 0.271 e. The van der Waals surface area contributed by atoms with Gasteiger partial charge in [-0.3, -0.25) is 9.36 Å². The lowest BCUT2D eigenvalue weighted by Gasteiger charge is -2.30. The second kappa shape index (κ2) is 8.42. The maximum absolute atomic E-state index is 13.7. The standard InChI is InChI=1S/C28H21ClN2O2S/c1-33-21-7-4-5-17(15-21)16-24-27(32)31-26(19-9-12-20(29)13-10-19)23-14-11-18-6-2-3-8-22(18)25(23)30-28(31)34-24/h2-10,12-13,15-16,26H,11,14H2,1H3. The summed E-state index contributed by atoms with van der Waals surface area (Å²) in [6.07, 6.45) is 3.72. The van der Waals surface area contributed by atoms with E-state index < -0.39 is 0 Å². The van der Waals surface area contributed by atoms with Crippen LogP contribution in [-0.4, -0.2) is 11.7 Å². The third kappa shape index (κ3) is 3.52. The number of fused-ring (bicyclic) bond motifs is 3. The van der Waals surface area contributed by atoms with E-state index in [2.05, 4.69) is 24.3 Å². The first-order chi connectivity index (χ1) is 16.6. The Bertz CT molecular complexity index is 1630.